The van der Waals surface area contributed by atoms with Gasteiger partial charge in [-0.25, -0.2) is 4.79 Å². The van der Waals surface area contributed by atoms with Gasteiger partial charge in [-0.15, -0.1) is 0 Å². The molecule has 0 aliphatic carbocycles. The number of carboxylic acids is 1. The van der Waals surface area contributed by atoms with Crippen molar-refractivity contribution in [1.82, 2.24) is 4.90 Å². The Bertz CT molecular complexity index is 514. The molecule has 6 heteroatoms. The van der Waals surface area contributed by atoms with Gasteiger partial charge in [-0.05, 0) is 24.6 Å². The van der Waals surface area contributed by atoms with E-state index in [1.165, 1.54) is 17.0 Å². The molecule has 1 aliphatic heterocycles. The van der Waals surface area contributed by atoms with Crippen molar-refractivity contribution >= 4 is 11.9 Å². The summed E-state index contributed by atoms with van der Waals surface area (Å²) in [5.41, 5.74) is 1.02. The van der Waals surface area contributed by atoms with Crippen LogP contribution in [0.1, 0.15) is 15.9 Å². The van der Waals surface area contributed by atoms with E-state index >= 15 is 0 Å². The van der Waals surface area contributed by atoms with Gasteiger partial charge in [0.15, 0.2) is 6.10 Å². The highest BCUT2D eigenvalue weighted by Gasteiger charge is 2.30. The molecule has 1 fully saturated rings. The van der Waals surface area contributed by atoms with Gasteiger partial charge in [0.25, 0.3) is 5.91 Å². The molecule has 1 heterocycles. The normalized spacial score (nSPS) is 19.2. The molecule has 0 radical (unpaired) electrons. The molecule has 1 aromatic rings. The SMILES string of the molecule is Cc1ccc(C(=O)N2CCOC(C(=O)O)C2)c(O)c1. The Kier molecular flexibility index (Phi) is 3.71. The quantitative estimate of drug-likeness (QED) is 0.818. The van der Waals surface area contributed by atoms with Gasteiger partial charge in [0.1, 0.15) is 5.75 Å². The second-order valence-electron chi connectivity index (χ2n) is 4.47. The van der Waals surface area contributed by atoms with Crippen LogP contribution in [-0.2, 0) is 9.53 Å². The number of amides is 1. The van der Waals surface area contributed by atoms with Gasteiger partial charge < -0.3 is 19.8 Å². The van der Waals surface area contributed by atoms with Gasteiger partial charge in [-0.1, -0.05) is 6.07 Å². The molecule has 2 rings (SSSR count). The van der Waals surface area contributed by atoms with E-state index < -0.39 is 12.1 Å². The standard InChI is InChI=1S/C13H15NO5/c1-8-2-3-9(10(15)6-8)12(16)14-4-5-19-11(7-14)13(17)18/h2-3,6,11,15H,4-5,7H2,1H3,(H,17,18). The Morgan fingerprint density at radius 1 is 1.42 bits per heavy atom. The Morgan fingerprint density at radius 2 is 2.16 bits per heavy atom. The average Bonchev–Trinajstić information content (AvgIpc) is 2.38. The number of aryl methyl sites for hydroxylation is 1. The molecule has 19 heavy (non-hydrogen) atoms. The van der Waals surface area contributed by atoms with Crippen LogP contribution in [0.3, 0.4) is 0 Å². The Morgan fingerprint density at radius 3 is 2.79 bits per heavy atom. The van der Waals surface area contributed by atoms with Crippen molar-refractivity contribution < 1.29 is 24.5 Å². The zero-order chi connectivity index (χ0) is 14.0. The van der Waals surface area contributed by atoms with Gasteiger partial charge in [0, 0.05) is 6.54 Å². The predicted octanol–water partition coefficient (Wildman–Crippen LogP) is 0.626. The molecule has 1 unspecified atom stereocenters. The van der Waals surface area contributed by atoms with Gasteiger partial charge >= 0.3 is 5.97 Å². The van der Waals surface area contributed by atoms with Gasteiger partial charge in [0.2, 0.25) is 0 Å². The maximum atomic E-state index is 12.2. The minimum Gasteiger partial charge on any atom is -0.507 e. The number of aliphatic carboxylic acids is 1. The summed E-state index contributed by atoms with van der Waals surface area (Å²) in [6.07, 6.45) is -1.01. The number of hydrogen-bond acceptors (Lipinski definition) is 4. The van der Waals surface area contributed by atoms with Crippen molar-refractivity contribution in [2.24, 2.45) is 0 Å². The summed E-state index contributed by atoms with van der Waals surface area (Å²) in [4.78, 5) is 24.5. The Balaban J connectivity index is 2.17. The summed E-state index contributed by atoms with van der Waals surface area (Å²) in [6.45, 7) is 2.29. The van der Waals surface area contributed by atoms with E-state index in [2.05, 4.69) is 0 Å². The Hall–Kier alpha value is -2.08. The highest BCUT2D eigenvalue weighted by atomic mass is 16.5. The third-order valence-corrected chi connectivity index (χ3v) is 3.01. The maximum Gasteiger partial charge on any atom is 0.334 e. The smallest absolute Gasteiger partial charge is 0.334 e. The Labute approximate surface area is 110 Å². The summed E-state index contributed by atoms with van der Waals surface area (Å²) in [6, 6.07) is 4.77. The lowest BCUT2D eigenvalue weighted by atomic mass is 10.1. The molecule has 1 atom stereocenters. The number of aromatic hydroxyl groups is 1. The van der Waals surface area contributed by atoms with Gasteiger partial charge in [0.05, 0.1) is 18.7 Å². The summed E-state index contributed by atoms with van der Waals surface area (Å²) in [7, 11) is 0. The number of benzene rings is 1. The van der Waals surface area contributed by atoms with Crippen LogP contribution in [0.2, 0.25) is 0 Å². The zero-order valence-electron chi connectivity index (χ0n) is 10.5. The van der Waals surface area contributed by atoms with Crippen molar-refractivity contribution in [2.75, 3.05) is 19.7 Å². The number of carboxylic acid groups (broad SMARTS) is 1. The van der Waals surface area contributed by atoms with Crippen LogP contribution in [0.5, 0.6) is 5.75 Å². The molecule has 1 amide bonds. The molecule has 1 aliphatic rings. The lowest BCUT2D eigenvalue weighted by Gasteiger charge is -2.31. The van der Waals surface area contributed by atoms with Crippen molar-refractivity contribution in [3.63, 3.8) is 0 Å². The number of hydrogen-bond donors (Lipinski definition) is 2. The number of morpholine rings is 1. The van der Waals surface area contributed by atoms with Crippen LogP contribution >= 0.6 is 0 Å². The van der Waals surface area contributed by atoms with Crippen molar-refractivity contribution in [2.45, 2.75) is 13.0 Å². The fourth-order valence-electron chi connectivity index (χ4n) is 1.98. The molecule has 0 saturated carbocycles. The molecule has 0 bridgehead atoms. The largest absolute Gasteiger partial charge is 0.507 e. The third kappa shape index (κ3) is 2.85. The van der Waals surface area contributed by atoms with E-state index in [9.17, 15) is 14.7 Å². The highest BCUT2D eigenvalue weighted by Crippen LogP contribution is 2.21. The van der Waals surface area contributed by atoms with Crippen molar-refractivity contribution in [1.29, 1.82) is 0 Å². The number of nitrogens with zero attached hydrogens (tertiary/aromatic N) is 1. The first-order chi connectivity index (χ1) is 8.99. The molecular formula is C13H15NO5. The maximum absolute atomic E-state index is 12.2. The van der Waals surface area contributed by atoms with Crippen molar-refractivity contribution in [3.8, 4) is 5.75 Å². The van der Waals surface area contributed by atoms with E-state index in [4.69, 9.17) is 9.84 Å². The summed E-state index contributed by atoms with van der Waals surface area (Å²) in [5.74, 6) is -1.57. The molecule has 1 saturated heterocycles. The van der Waals surface area contributed by atoms with Crippen LogP contribution in [-0.4, -0.2) is 52.8 Å². The number of rotatable bonds is 2. The molecule has 6 nitrogen and oxygen atoms in total. The van der Waals surface area contributed by atoms with Crippen LogP contribution in [0.4, 0.5) is 0 Å². The number of phenolic OH excluding ortho intramolecular Hbond substituents is 1. The number of carbonyl (C=O) groups is 2. The van der Waals surface area contributed by atoms with Crippen LogP contribution in [0.15, 0.2) is 18.2 Å². The average molecular weight is 265 g/mol. The van der Waals surface area contributed by atoms with Crippen LogP contribution in [0.25, 0.3) is 0 Å². The van der Waals surface area contributed by atoms with Crippen LogP contribution in [0, 0.1) is 6.92 Å². The first kappa shape index (κ1) is 13.4. The monoisotopic (exact) mass is 265 g/mol. The van der Waals surface area contributed by atoms with E-state index in [0.717, 1.165) is 5.56 Å². The number of phenols is 1. The molecule has 0 spiro atoms. The lowest BCUT2D eigenvalue weighted by Crippen LogP contribution is -2.48. The molecular weight excluding hydrogens is 250 g/mol. The van der Waals surface area contributed by atoms with Gasteiger partial charge in [-0.2, -0.15) is 0 Å². The summed E-state index contributed by atoms with van der Waals surface area (Å²) < 4.78 is 5.05. The van der Waals surface area contributed by atoms with Gasteiger partial charge in [-0.3, -0.25) is 4.79 Å². The number of ether oxygens (including phenoxy) is 1. The highest BCUT2D eigenvalue weighted by molar-refractivity contribution is 5.97. The predicted molar refractivity (Wildman–Crippen MR) is 66.1 cm³/mol. The summed E-state index contributed by atoms with van der Waals surface area (Å²) in [5, 5.41) is 18.7. The van der Waals surface area contributed by atoms with Crippen LogP contribution < -0.4 is 0 Å². The molecule has 2 N–H and O–H groups in total. The minimum atomic E-state index is -1.09. The lowest BCUT2D eigenvalue weighted by molar-refractivity contribution is -0.154. The third-order valence-electron chi connectivity index (χ3n) is 3.01. The fourth-order valence-corrected chi connectivity index (χ4v) is 1.98. The van der Waals surface area contributed by atoms with E-state index in [1.807, 2.05) is 6.92 Å². The second kappa shape index (κ2) is 5.27. The van der Waals surface area contributed by atoms with E-state index in [0.29, 0.717) is 6.54 Å². The first-order valence-electron chi connectivity index (χ1n) is 5.92. The first-order valence-corrected chi connectivity index (χ1v) is 5.92. The molecule has 0 aromatic heterocycles. The second-order valence-corrected chi connectivity index (χ2v) is 4.47. The summed E-state index contributed by atoms with van der Waals surface area (Å²) >= 11 is 0. The topological polar surface area (TPSA) is 87.1 Å². The van der Waals surface area contributed by atoms with Crippen molar-refractivity contribution in [3.05, 3.63) is 29.3 Å². The van der Waals surface area contributed by atoms with E-state index in [1.54, 1.807) is 6.07 Å². The molecule has 102 valence electrons. The fraction of sp³-hybridized carbons (Fsp3) is 0.385. The van der Waals surface area contributed by atoms with E-state index in [-0.39, 0.29) is 30.4 Å². The number of carbonyl (C=O) groups excluding carboxylic acids is 1. The minimum absolute atomic E-state index is 0.0124. The molecule has 1 aromatic carbocycles. The zero-order valence-corrected chi connectivity index (χ0v) is 10.5.